The summed E-state index contributed by atoms with van der Waals surface area (Å²) in [6.07, 6.45) is -4.63. The van der Waals surface area contributed by atoms with Crippen LogP contribution in [0.15, 0.2) is 12.7 Å². The third kappa shape index (κ3) is 5.04. The van der Waals surface area contributed by atoms with Gasteiger partial charge in [-0.1, -0.05) is 0 Å². The van der Waals surface area contributed by atoms with E-state index in [1.807, 2.05) is 0 Å². The number of carbonyl (C=O) groups is 2. The number of aliphatic hydroxyl groups is 2. The number of ketones is 1. The number of aromatic nitrogens is 4. The summed E-state index contributed by atoms with van der Waals surface area (Å²) < 4.78 is 23.9. The summed E-state index contributed by atoms with van der Waals surface area (Å²) in [5.74, 6) is -2.21. The van der Waals surface area contributed by atoms with Crippen molar-refractivity contribution in [3.63, 3.8) is 0 Å². The minimum absolute atomic E-state index is 0.101. The SMILES string of the molecule is Nc1ncnc2c1ncn2[C@@H]1O[C@H](COP(=O)(O)CC(=O)[C@@H](N)CC(=O)O)[C@@H](O)[C@H]1O. The molecule has 0 spiro atoms. The molecule has 2 aromatic rings. The van der Waals surface area contributed by atoms with Crippen LogP contribution in [-0.2, 0) is 23.4 Å². The Labute approximate surface area is 174 Å². The van der Waals surface area contributed by atoms with Crippen molar-refractivity contribution in [2.75, 3.05) is 18.5 Å². The topological polar surface area (TPSA) is 246 Å². The lowest BCUT2D eigenvalue weighted by molar-refractivity contribution is -0.139. The molecule has 6 atom stereocenters. The molecular weight excluding hydrogens is 439 g/mol. The molecule has 0 saturated carbocycles. The van der Waals surface area contributed by atoms with E-state index in [1.165, 1.54) is 17.2 Å². The fraction of sp³-hybridized carbons (Fsp3) is 0.533. The molecule has 2 aromatic heterocycles. The Hall–Kier alpha value is -2.52. The van der Waals surface area contributed by atoms with Crippen molar-refractivity contribution >= 4 is 36.3 Å². The first kappa shape index (κ1) is 23.1. The van der Waals surface area contributed by atoms with Crippen molar-refractivity contribution < 1.29 is 43.6 Å². The molecule has 0 amide bonds. The largest absolute Gasteiger partial charge is 0.481 e. The third-order valence-electron chi connectivity index (χ3n) is 4.60. The van der Waals surface area contributed by atoms with E-state index in [1.54, 1.807) is 0 Å². The number of carboxylic acids is 1. The molecule has 0 radical (unpaired) electrons. The molecule has 0 bridgehead atoms. The Kier molecular flexibility index (Phi) is 6.66. The summed E-state index contributed by atoms with van der Waals surface area (Å²) >= 11 is 0. The third-order valence-corrected chi connectivity index (χ3v) is 5.87. The maximum Gasteiger partial charge on any atom is 0.335 e. The second-order valence-corrected chi connectivity index (χ2v) is 8.74. The molecule has 16 heteroatoms. The van der Waals surface area contributed by atoms with Crippen molar-refractivity contribution in [2.24, 2.45) is 5.73 Å². The second kappa shape index (κ2) is 8.92. The first-order valence-electron chi connectivity index (χ1n) is 8.91. The van der Waals surface area contributed by atoms with Crippen LogP contribution in [0.2, 0.25) is 0 Å². The molecule has 0 aliphatic carbocycles. The van der Waals surface area contributed by atoms with E-state index in [-0.39, 0.29) is 17.0 Å². The van der Waals surface area contributed by atoms with E-state index in [9.17, 15) is 29.3 Å². The quantitative estimate of drug-likeness (QED) is 0.214. The molecule has 1 aliphatic heterocycles. The molecule has 1 saturated heterocycles. The Balaban J connectivity index is 1.65. The maximum atomic E-state index is 12.1. The Morgan fingerprint density at radius 2 is 2.00 bits per heavy atom. The van der Waals surface area contributed by atoms with E-state index in [2.05, 4.69) is 15.0 Å². The normalized spacial score (nSPS) is 26.6. The molecule has 1 fully saturated rings. The number of aliphatic carboxylic acids is 1. The molecule has 3 rings (SSSR count). The number of fused-ring (bicyclic) bond motifs is 1. The van der Waals surface area contributed by atoms with Crippen LogP contribution in [0.3, 0.4) is 0 Å². The van der Waals surface area contributed by atoms with Gasteiger partial charge < -0.3 is 40.9 Å². The number of hydrogen-bond donors (Lipinski definition) is 6. The van der Waals surface area contributed by atoms with Gasteiger partial charge in [0.15, 0.2) is 23.5 Å². The first-order valence-corrected chi connectivity index (χ1v) is 10.7. The number of carbonyl (C=O) groups excluding carboxylic acids is 1. The predicted molar refractivity (Wildman–Crippen MR) is 102 cm³/mol. The zero-order valence-electron chi connectivity index (χ0n) is 15.9. The number of rotatable bonds is 9. The monoisotopic (exact) mass is 460 g/mol. The van der Waals surface area contributed by atoms with Crippen molar-refractivity contribution in [1.82, 2.24) is 19.5 Å². The van der Waals surface area contributed by atoms with Gasteiger partial charge in [0.1, 0.15) is 36.3 Å². The Morgan fingerprint density at radius 1 is 1.29 bits per heavy atom. The van der Waals surface area contributed by atoms with Crippen LogP contribution in [0, 0.1) is 0 Å². The standard InChI is InChI=1S/C15H21N6O9P/c16-6(1-9(23)24)7(22)3-31(27,28)29-2-8-11(25)12(26)15(30-8)21-5-20-10-13(17)18-4-19-14(10)21/h4-6,8,11-12,15,25-26H,1-3,16H2,(H,23,24)(H,27,28)(H2,17,18,19)/t6-,8+,11+,12+,15+/m0/s1. The number of nitrogen functional groups attached to an aromatic ring is 1. The number of imidazole rings is 1. The lowest BCUT2D eigenvalue weighted by Crippen LogP contribution is -2.36. The maximum absolute atomic E-state index is 12.1. The van der Waals surface area contributed by atoms with Crippen LogP contribution in [0.4, 0.5) is 5.82 Å². The molecule has 8 N–H and O–H groups in total. The predicted octanol–water partition coefficient (Wildman–Crippen LogP) is -2.40. The molecule has 15 nitrogen and oxygen atoms in total. The van der Waals surface area contributed by atoms with E-state index >= 15 is 0 Å². The highest BCUT2D eigenvalue weighted by Crippen LogP contribution is 2.43. The number of Topliss-reactive ketones (excluding diaryl/α,β-unsaturated/α-hetero) is 1. The Morgan fingerprint density at radius 3 is 2.68 bits per heavy atom. The van der Waals surface area contributed by atoms with Gasteiger partial charge in [0, 0.05) is 0 Å². The summed E-state index contributed by atoms with van der Waals surface area (Å²) in [4.78, 5) is 44.1. The van der Waals surface area contributed by atoms with Gasteiger partial charge in [0.25, 0.3) is 0 Å². The average Bonchev–Trinajstić information content (AvgIpc) is 3.22. The number of carboxylic acid groups (broad SMARTS) is 1. The number of hydrogen-bond acceptors (Lipinski definition) is 12. The van der Waals surface area contributed by atoms with Crippen molar-refractivity contribution in [1.29, 1.82) is 0 Å². The van der Waals surface area contributed by atoms with E-state index in [0.29, 0.717) is 0 Å². The molecular formula is C15H21N6O9P. The molecule has 3 heterocycles. The van der Waals surface area contributed by atoms with Gasteiger partial charge in [0.2, 0.25) is 0 Å². The van der Waals surface area contributed by atoms with Gasteiger partial charge >= 0.3 is 13.6 Å². The van der Waals surface area contributed by atoms with E-state index in [0.717, 1.165) is 0 Å². The highest BCUT2D eigenvalue weighted by atomic mass is 31.2. The highest BCUT2D eigenvalue weighted by Gasteiger charge is 2.45. The van der Waals surface area contributed by atoms with Crippen molar-refractivity contribution in [3.05, 3.63) is 12.7 Å². The number of nitrogens with two attached hydrogens (primary N) is 2. The van der Waals surface area contributed by atoms with Crippen LogP contribution in [0.25, 0.3) is 11.2 Å². The van der Waals surface area contributed by atoms with Gasteiger partial charge in [-0.3, -0.25) is 18.7 Å². The summed E-state index contributed by atoms with van der Waals surface area (Å²) in [7, 11) is -4.52. The minimum Gasteiger partial charge on any atom is -0.481 e. The van der Waals surface area contributed by atoms with E-state index < -0.39 is 69.1 Å². The second-order valence-electron chi connectivity index (χ2n) is 6.89. The first-order chi connectivity index (χ1) is 14.5. The van der Waals surface area contributed by atoms with Crippen molar-refractivity contribution in [3.8, 4) is 0 Å². The molecule has 0 aromatic carbocycles. The molecule has 1 aliphatic rings. The van der Waals surface area contributed by atoms with Crippen LogP contribution in [0.5, 0.6) is 0 Å². The lowest BCUT2D eigenvalue weighted by atomic mass is 10.1. The summed E-state index contributed by atoms with van der Waals surface area (Å²) in [6.45, 7) is -0.645. The summed E-state index contributed by atoms with van der Waals surface area (Å²) in [6, 6.07) is -1.47. The summed E-state index contributed by atoms with van der Waals surface area (Å²) in [5.41, 5.74) is 11.6. The fourth-order valence-electron chi connectivity index (χ4n) is 3.00. The van der Waals surface area contributed by atoms with Gasteiger partial charge in [-0.05, 0) is 0 Å². The number of ether oxygens (including phenoxy) is 1. The van der Waals surface area contributed by atoms with Gasteiger partial charge in [-0.25, -0.2) is 15.0 Å². The van der Waals surface area contributed by atoms with Crippen molar-refractivity contribution in [2.45, 2.75) is 37.0 Å². The van der Waals surface area contributed by atoms with Gasteiger partial charge in [-0.15, -0.1) is 0 Å². The molecule has 1 unspecified atom stereocenters. The average molecular weight is 460 g/mol. The van der Waals surface area contributed by atoms with Gasteiger partial charge in [-0.2, -0.15) is 0 Å². The van der Waals surface area contributed by atoms with Gasteiger partial charge in [0.05, 0.1) is 25.4 Å². The lowest BCUT2D eigenvalue weighted by Gasteiger charge is -2.18. The minimum atomic E-state index is -4.52. The Bertz CT molecular complexity index is 1030. The number of anilines is 1. The van der Waals surface area contributed by atoms with Crippen LogP contribution < -0.4 is 11.5 Å². The van der Waals surface area contributed by atoms with E-state index in [4.69, 9.17) is 25.8 Å². The van der Waals surface area contributed by atoms with Crippen LogP contribution >= 0.6 is 7.60 Å². The zero-order valence-corrected chi connectivity index (χ0v) is 16.8. The number of aliphatic hydroxyl groups excluding tert-OH is 2. The van der Waals surface area contributed by atoms with Crippen LogP contribution in [-0.4, -0.2) is 88.6 Å². The van der Waals surface area contributed by atoms with Crippen LogP contribution in [0.1, 0.15) is 12.6 Å². The summed E-state index contributed by atoms with van der Waals surface area (Å²) in [5, 5.41) is 29.2. The number of nitrogens with zero attached hydrogens (tertiary/aromatic N) is 4. The fourth-order valence-corrected chi connectivity index (χ4v) is 4.10. The molecule has 170 valence electrons. The smallest absolute Gasteiger partial charge is 0.335 e. The highest BCUT2D eigenvalue weighted by molar-refractivity contribution is 7.53. The molecule has 31 heavy (non-hydrogen) atoms. The zero-order chi connectivity index (χ0) is 22.9.